The minimum Gasteiger partial charge on any atom is -0.346 e. The van der Waals surface area contributed by atoms with Crippen molar-refractivity contribution < 1.29 is 23.0 Å². The minimum absolute atomic E-state index is 0.210. The van der Waals surface area contributed by atoms with Crippen molar-refractivity contribution in [1.29, 1.82) is 0 Å². The Kier molecular flexibility index (Phi) is 3.67. The van der Waals surface area contributed by atoms with Gasteiger partial charge < -0.3 is 9.84 Å². The average Bonchev–Trinajstić information content (AvgIpc) is 2.97. The molecule has 4 nitrogen and oxygen atoms in total. The fourth-order valence-corrected chi connectivity index (χ4v) is 2.53. The molecular weight excluding hydrogens is 283 g/mol. The van der Waals surface area contributed by atoms with Crippen molar-refractivity contribution in [3.05, 3.63) is 35.7 Å². The smallest absolute Gasteiger partial charge is 0.346 e. The number of nitrogens with two attached hydrogens (primary N) is 1. The molecule has 21 heavy (non-hydrogen) atoms. The molecule has 7 heteroatoms. The van der Waals surface area contributed by atoms with E-state index in [2.05, 4.69) is 15.5 Å². The molecular formula is C14H15F3N3O+. The highest BCUT2D eigenvalue weighted by Crippen LogP contribution is 2.32. The molecule has 112 valence electrons. The number of rotatable bonds is 2. The Morgan fingerprint density at radius 3 is 2.67 bits per heavy atom. The molecule has 2 N–H and O–H groups in total. The molecule has 0 spiro atoms. The molecule has 1 aliphatic heterocycles. The lowest BCUT2D eigenvalue weighted by atomic mass is 9.98. The van der Waals surface area contributed by atoms with Gasteiger partial charge in [-0.3, -0.25) is 0 Å². The van der Waals surface area contributed by atoms with Gasteiger partial charge in [-0.15, -0.1) is 0 Å². The molecule has 0 radical (unpaired) electrons. The van der Waals surface area contributed by atoms with E-state index < -0.39 is 11.7 Å². The molecule has 0 aliphatic carbocycles. The first-order chi connectivity index (χ1) is 10.0. The molecule has 1 saturated heterocycles. The van der Waals surface area contributed by atoms with Crippen LogP contribution in [0.2, 0.25) is 0 Å². The predicted octanol–water partition coefficient (Wildman–Crippen LogP) is 2.20. The van der Waals surface area contributed by atoms with E-state index in [0.29, 0.717) is 11.5 Å². The molecule has 0 bridgehead atoms. The lowest BCUT2D eigenvalue weighted by Crippen LogP contribution is -2.86. The van der Waals surface area contributed by atoms with Crippen LogP contribution in [0.1, 0.15) is 30.2 Å². The SMILES string of the molecule is FC(F)(F)c1cccc(-c2noc(C3CC[NH2+]CC3)n2)c1. The third kappa shape index (κ3) is 3.07. The second-order valence-corrected chi connectivity index (χ2v) is 5.18. The highest BCUT2D eigenvalue weighted by molar-refractivity contribution is 5.55. The number of quaternary nitrogens is 1. The summed E-state index contributed by atoms with van der Waals surface area (Å²) in [6.07, 6.45) is -2.48. The molecule has 0 unspecified atom stereocenters. The molecule has 2 aromatic rings. The van der Waals surface area contributed by atoms with Gasteiger partial charge in [-0.1, -0.05) is 17.3 Å². The fraction of sp³-hybridized carbons (Fsp3) is 0.429. The molecule has 0 amide bonds. The van der Waals surface area contributed by atoms with Crippen molar-refractivity contribution in [2.24, 2.45) is 0 Å². The van der Waals surface area contributed by atoms with Gasteiger partial charge in [0.2, 0.25) is 11.7 Å². The molecule has 1 aromatic heterocycles. The summed E-state index contributed by atoms with van der Waals surface area (Å²) in [5.74, 6) is 0.947. The Morgan fingerprint density at radius 2 is 1.95 bits per heavy atom. The van der Waals surface area contributed by atoms with Gasteiger partial charge in [0.05, 0.1) is 18.7 Å². The quantitative estimate of drug-likeness (QED) is 0.924. The first kappa shape index (κ1) is 14.1. The van der Waals surface area contributed by atoms with E-state index >= 15 is 0 Å². The number of nitrogens with zero attached hydrogens (tertiary/aromatic N) is 2. The number of piperidine rings is 1. The predicted molar refractivity (Wildman–Crippen MR) is 68.4 cm³/mol. The van der Waals surface area contributed by atoms with Gasteiger partial charge in [-0.2, -0.15) is 18.2 Å². The van der Waals surface area contributed by atoms with E-state index in [1.807, 2.05) is 0 Å². The van der Waals surface area contributed by atoms with Gasteiger partial charge in [0, 0.05) is 24.3 Å². The maximum atomic E-state index is 12.7. The van der Waals surface area contributed by atoms with E-state index in [0.717, 1.165) is 38.1 Å². The first-order valence-electron chi connectivity index (χ1n) is 6.87. The number of alkyl halides is 3. The van der Waals surface area contributed by atoms with Gasteiger partial charge >= 0.3 is 6.18 Å². The number of benzene rings is 1. The molecule has 1 aromatic carbocycles. The molecule has 3 rings (SSSR count). The Bertz CT molecular complexity index is 618. The van der Waals surface area contributed by atoms with Gasteiger partial charge in [0.15, 0.2) is 0 Å². The van der Waals surface area contributed by atoms with Crippen LogP contribution >= 0.6 is 0 Å². The summed E-state index contributed by atoms with van der Waals surface area (Å²) in [5, 5.41) is 6.04. The average molecular weight is 298 g/mol. The van der Waals surface area contributed by atoms with E-state index in [4.69, 9.17) is 4.52 Å². The van der Waals surface area contributed by atoms with Crippen LogP contribution in [0.15, 0.2) is 28.8 Å². The summed E-state index contributed by atoms with van der Waals surface area (Å²) >= 11 is 0. The van der Waals surface area contributed by atoms with Crippen molar-refractivity contribution in [3.63, 3.8) is 0 Å². The van der Waals surface area contributed by atoms with Crippen LogP contribution in [-0.4, -0.2) is 23.2 Å². The lowest BCUT2D eigenvalue weighted by molar-refractivity contribution is -0.663. The third-order valence-corrected chi connectivity index (χ3v) is 3.68. The minimum atomic E-state index is -4.37. The number of hydrogen-bond acceptors (Lipinski definition) is 3. The normalized spacial score (nSPS) is 17.1. The summed E-state index contributed by atoms with van der Waals surface area (Å²) in [7, 11) is 0. The standard InChI is InChI=1S/C14H14F3N3O/c15-14(16,17)11-3-1-2-10(8-11)12-19-13(21-20-12)9-4-6-18-7-5-9/h1-3,8-9,18H,4-7H2/p+1. The van der Waals surface area contributed by atoms with Crippen LogP contribution in [0.25, 0.3) is 11.4 Å². The molecule has 2 heterocycles. The Hall–Kier alpha value is -1.89. The highest BCUT2D eigenvalue weighted by Gasteiger charge is 2.31. The van der Waals surface area contributed by atoms with Gasteiger partial charge in [0.25, 0.3) is 0 Å². The van der Waals surface area contributed by atoms with Crippen LogP contribution in [0.3, 0.4) is 0 Å². The van der Waals surface area contributed by atoms with Crippen molar-refractivity contribution in [2.75, 3.05) is 13.1 Å². The summed E-state index contributed by atoms with van der Waals surface area (Å²) in [6.45, 7) is 2.01. The summed E-state index contributed by atoms with van der Waals surface area (Å²) in [4.78, 5) is 4.27. The lowest BCUT2D eigenvalue weighted by Gasteiger charge is -2.15. The number of hydrogen-bond donors (Lipinski definition) is 1. The summed E-state index contributed by atoms with van der Waals surface area (Å²) < 4.78 is 43.4. The molecule has 0 atom stereocenters. The van der Waals surface area contributed by atoms with Crippen molar-refractivity contribution in [2.45, 2.75) is 24.9 Å². The Morgan fingerprint density at radius 1 is 1.19 bits per heavy atom. The van der Waals surface area contributed by atoms with Crippen LogP contribution in [-0.2, 0) is 6.18 Å². The maximum Gasteiger partial charge on any atom is 0.416 e. The van der Waals surface area contributed by atoms with E-state index in [-0.39, 0.29) is 11.7 Å². The van der Waals surface area contributed by atoms with Crippen LogP contribution in [0.4, 0.5) is 13.2 Å². The van der Waals surface area contributed by atoms with Gasteiger partial charge in [0.1, 0.15) is 0 Å². The maximum absolute atomic E-state index is 12.7. The van der Waals surface area contributed by atoms with E-state index in [1.165, 1.54) is 6.07 Å². The zero-order valence-corrected chi connectivity index (χ0v) is 11.2. The van der Waals surface area contributed by atoms with Crippen LogP contribution < -0.4 is 5.32 Å². The zero-order chi connectivity index (χ0) is 14.9. The fourth-order valence-electron chi connectivity index (χ4n) is 2.53. The van der Waals surface area contributed by atoms with E-state index in [9.17, 15) is 13.2 Å². The zero-order valence-electron chi connectivity index (χ0n) is 11.2. The Balaban J connectivity index is 1.86. The van der Waals surface area contributed by atoms with Crippen molar-refractivity contribution in [1.82, 2.24) is 10.1 Å². The molecule has 1 fully saturated rings. The van der Waals surface area contributed by atoms with Gasteiger partial charge in [-0.25, -0.2) is 0 Å². The monoisotopic (exact) mass is 298 g/mol. The second kappa shape index (κ2) is 5.48. The number of aromatic nitrogens is 2. The van der Waals surface area contributed by atoms with Crippen molar-refractivity contribution >= 4 is 0 Å². The third-order valence-electron chi connectivity index (χ3n) is 3.68. The molecule has 1 aliphatic rings. The first-order valence-corrected chi connectivity index (χ1v) is 6.87. The summed E-state index contributed by atoms with van der Waals surface area (Å²) in [6, 6.07) is 4.98. The highest BCUT2D eigenvalue weighted by atomic mass is 19.4. The van der Waals surface area contributed by atoms with E-state index in [1.54, 1.807) is 6.07 Å². The molecule has 0 saturated carbocycles. The van der Waals surface area contributed by atoms with Crippen LogP contribution in [0.5, 0.6) is 0 Å². The number of halogens is 3. The summed E-state index contributed by atoms with van der Waals surface area (Å²) in [5.41, 5.74) is -0.388. The topological polar surface area (TPSA) is 55.5 Å². The Labute approximate surface area is 119 Å². The van der Waals surface area contributed by atoms with Gasteiger partial charge in [-0.05, 0) is 12.1 Å². The van der Waals surface area contributed by atoms with Crippen molar-refractivity contribution in [3.8, 4) is 11.4 Å². The second-order valence-electron chi connectivity index (χ2n) is 5.18. The largest absolute Gasteiger partial charge is 0.416 e. The van der Waals surface area contributed by atoms with Crippen LogP contribution in [0, 0.1) is 0 Å².